The lowest BCUT2D eigenvalue weighted by Gasteiger charge is -2.25. The average molecular weight is 828 g/mol. The van der Waals surface area contributed by atoms with Crippen LogP contribution in [0, 0.1) is 12.8 Å². The van der Waals surface area contributed by atoms with E-state index in [1.54, 1.807) is 6.20 Å². The molecule has 0 saturated carbocycles. The largest absolute Gasteiger partial charge is 0.491 e. The van der Waals surface area contributed by atoms with Gasteiger partial charge in [0.15, 0.2) is 0 Å². The number of azide groups is 1. The van der Waals surface area contributed by atoms with Crippen LogP contribution in [0.25, 0.3) is 32.3 Å². The predicted molar refractivity (Wildman–Crippen MR) is 229 cm³/mol. The first-order chi connectivity index (χ1) is 29.2. The van der Waals surface area contributed by atoms with Gasteiger partial charge >= 0.3 is 5.97 Å². The van der Waals surface area contributed by atoms with Crippen LogP contribution in [-0.4, -0.2) is 106 Å². The topological polar surface area (TPSA) is 215 Å². The molecule has 4 aromatic rings. The molecule has 0 aliphatic rings. The van der Waals surface area contributed by atoms with E-state index in [9.17, 15) is 19.5 Å². The number of carboxylic acids is 1. The molecule has 16 heteroatoms. The second kappa shape index (κ2) is 26.4. The van der Waals surface area contributed by atoms with Gasteiger partial charge < -0.3 is 44.7 Å². The highest BCUT2D eigenvalue weighted by atomic mass is 16.6. The number of pyridine rings is 1. The molecule has 3 aromatic carbocycles. The number of fused-ring (bicyclic) bond motifs is 1. The second-order valence-corrected chi connectivity index (χ2v) is 14.2. The lowest BCUT2D eigenvalue weighted by Crippen LogP contribution is -2.50. The minimum absolute atomic E-state index is 0.211. The molecule has 0 aliphatic carbocycles. The first-order valence-electron chi connectivity index (χ1n) is 20.2. The lowest BCUT2D eigenvalue weighted by molar-refractivity contribution is -0.138. The van der Waals surface area contributed by atoms with Crippen molar-refractivity contribution in [3.05, 3.63) is 101 Å². The zero-order valence-corrected chi connectivity index (χ0v) is 34.6. The second-order valence-electron chi connectivity index (χ2n) is 14.2. The van der Waals surface area contributed by atoms with Crippen LogP contribution in [0.1, 0.15) is 50.3 Å². The minimum Gasteiger partial charge on any atom is -0.491 e. The summed E-state index contributed by atoms with van der Waals surface area (Å²) < 4.78 is 28.0. The van der Waals surface area contributed by atoms with Crippen molar-refractivity contribution in [2.24, 2.45) is 11.0 Å². The number of aromatic nitrogens is 1. The smallest absolute Gasteiger partial charge is 0.305 e. The van der Waals surface area contributed by atoms with E-state index in [0.29, 0.717) is 84.5 Å². The normalized spacial score (nSPS) is 12.1. The number of rotatable bonds is 29. The number of aliphatic carboxylic acids is 1. The predicted octanol–water partition coefficient (Wildman–Crippen LogP) is 6.63. The summed E-state index contributed by atoms with van der Waals surface area (Å²) in [6.45, 7) is 10.2. The Balaban J connectivity index is 1.26. The van der Waals surface area contributed by atoms with Crippen molar-refractivity contribution in [3.8, 4) is 16.9 Å². The molecule has 0 radical (unpaired) electrons. The molecule has 4 rings (SSSR count). The number of carbonyl (C=O) groups is 3. The van der Waals surface area contributed by atoms with Crippen LogP contribution in [0.3, 0.4) is 0 Å². The van der Waals surface area contributed by atoms with Crippen molar-refractivity contribution in [2.45, 2.75) is 52.1 Å². The number of carbonyl (C=O) groups excluding carboxylic acids is 2. The average Bonchev–Trinajstić information content (AvgIpc) is 3.23. The van der Waals surface area contributed by atoms with Gasteiger partial charge in [0.2, 0.25) is 11.8 Å². The fraction of sp³-hybridized carbons (Fsp3) is 0.455. The van der Waals surface area contributed by atoms with E-state index in [0.717, 1.165) is 39.0 Å². The van der Waals surface area contributed by atoms with E-state index in [2.05, 4.69) is 31.0 Å². The Morgan fingerprint density at radius 3 is 2.10 bits per heavy atom. The summed E-state index contributed by atoms with van der Waals surface area (Å²) in [6.07, 6.45) is 2.14. The summed E-state index contributed by atoms with van der Waals surface area (Å²) in [7, 11) is 0. The quantitative estimate of drug-likeness (QED) is 0.0197. The standard InChI is InChI=1S/C44H57N7O9/c1-31(2)43(50-41(52)9-6-17-46-40-29-32(3)16-18-47-40)44(55)49-38(30-42(53)54)34-12-10-33(11-13-34)35-14-15-39(37-8-5-4-7-36(35)37)60-28-27-59-26-25-58-24-23-57-22-21-56-20-19-48-51-45/h4-5,7-8,10-16,18,29,31,38,43H,6,9,17,19-28,30H2,1-3H3,(H,46,47)(H,49,55)(H,50,52)(H,53,54)/t38-,43+/m0/s1. The van der Waals surface area contributed by atoms with Gasteiger partial charge in [-0.3, -0.25) is 14.4 Å². The summed E-state index contributed by atoms with van der Waals surface area (Å²) in [4.78, 5) is 45.3. The van der Waals surface area contributed by atoms with E-state index < -0.39 is 24.0 Å². The summed E-state index contributed by atoms with van der Waals surface area (Å²) in [5, 5.41) is 24.0. The van der Waals surface area contributed by atoms with Gasteiger partial charge in [0.05, 0.1) is 65.3 Å². The molecule has 0 unspecified atom stereocenters. The molecule has 16 nitrogen and oxygen atoms in total. The first-order valence-corrected chi connectivity index (χ1v) is 20.2. The number of nitrogens with one attached hydrogen (secondary N) is 3. The number of hydrogen-bond donors (Lipinski definition) is 4. The zero-order valence-electron chi connectivity index (χ0n) is 34.6. The maximum atomic E-state index is 13.5. The zero-order chi connectivity index (χ0) is 43.0. The first kappa shape index (κ1) is 46.9. The van der Waals surface area contributed by atoms with E-state index in [1.807, 2.05) is 93.6 Å². The maximum Gasteiger partial charge on any atom is 0.305 e. The Hall–Kier alpha value is -5.77. The Morgan fingerprint density at radius 1 is 0.817 bits per heavy atom. The number of benzene rings is 3. The third-order valence-electron chi connectivity index (χ3n) is 9.27. The molecular weight excluding hydrogens is 771 g/mol. The van der Waals surface area contributed by atoms with Crippen molar-refractivity contribution in [1.29, 1.82) is 0 Å². The highest BCUT2D eigenvalue weighted by molar-refractivity contribution is 6.00. The molecular formula is C44H57N7O9. The summed E-state index contributed by atoms with van der Waals surface area (Å²) >= 11 is 0. The number of aryl methyl sites for hydroxylation is 1. The Labute approximate surface area is 350 Å². The van der Waals surface area contributed by atoms with Gasteiger partial charge in [0, 0.05) is 36.0 Å². The van der Waals surface area contributed by atoms with Gasteiger partial charge in [-0.05, 0) is 70.6 Å². The van der Waals surface area contributed by atoms with Crippen molar-refractivity contribution >= 4 is 34.4 Å². The van der Waals surface area contributed by atoms with Crippen LogP contribution in [0.4, 0.5) is 5.82 Å². The van der Waals surface area contributed by atoms with Gasteiger partial charge in [0.1, 0.15) is 24.2 Å². The molecule has 0 spiro atoms. The number of carboxylic acid groups (broad SMARTS) is 1. The highest BCUT2D eigenvalue weighted by Crippen LogP contribution is 2.35. The van der Waals surface area contributed by atoms with Crippen LogP contribution in [0.5, 0.6) is 5.75 Å². The summed E-state index contributed by atoms with van der Waals surface area (Å²) in [6, 6.07) is 21.5. The molecule has 60 heavy (non-hydrogen) atoms. The van der Waals surface area contributed by atoms with Crippen LogP contribution < -0.4 is 20.7 Å². The molecule has 1 heterocycles. The number of ether oxygens (including phenoxy) is 5. The van der Waals surface area contributed by atoms with Crippen molar-refractivity contribution < 1.29 is 43.2 Å². The number of nitrogens with zero attached hydrogens (tertiary/aromatic N) is 4. The third-order valence-corrected chi connectivity index (χ3v) is 9.27. The van der Waals surface area contributed by atoms with E-state index >= 15 is 0 Å². The van der Waals surface area contributed by atoms with E-state index in [1.165, 1.54) is 0 Å². The number of hydrogen-bond acceptors (Lipinski definition) is 11. The Kier molecular flexibility index (Phi) is 20.6. The van der Waals surface area contributed by atoms with Gasteiger partial charge in [-0.1, -0.05) is 73.6 Å². The molecule has 2 amide bonds. The van der Waals surface area contributed by atoms with Gasteiger partial charge in [-0.15, -0.1) is 0 Å². The summed E-state index contributed by atoms with van der Waals surface area (Å²) in [5.41, 5.74) is 11.8. The van der Waals surface area contributed by atoms with Crippen molar-refractivity contribution in [3.63, 3.8) is 0 Å². The fourth-order valence-electron chi connectivity index (χ4n) is 6.23. The SMILES string of the molecule is Cc1ccnc(NCCCC(=O)N[C@@H](C(=O)N[C@@H](CC(=O)O)c2ccc(-c3ccc(OCCOCCOCCOCCOCCN=[N+]=[N-])c4ccccc34)cc2)C(C)C)c1. The van der Waals surface area contributed by atoms with Gasteiger partial charge in [0.25, 0.3) is 0 Å². The van der Waals surface area contributed by atoms with Crippen LogP contribution in [0.2, 0.25) is 0 Å². The maximum absolute atomic E-state index is 13.5. The van der Waals surface area contributed by atoms with Gasteiger partial charge in [-0.2, -0.15) is 0 Å². The van der Waals surface area contributed by atoms with Crippen LogP contribution >= 0.6 is 0 Å². The molecule has 0 aliphatic heterocycles. The Morgan fingerprint density at radius 2 is 1.47 bits per heavy atom. The molecule has 0 bridgehead atoms. The number of amides is 2. The molecule has 1 aromatic heterocycles. The van der Waals surface area contributed by atoms with E-state index in [-0.39, 0.29) is 24.7 Å². The molecule has 0 saturated heterocycles. The molecule has 4 N–H and O–H groups in total. The third kappa shape index (κ3) is 16.5. The van der Waals surface area contributed by atoms with Crippen molar-refractivity contribution in [2.75, 3.05) is 77.9 Å². The Bertz CT molecular complexity index is 1990. The highest BCUT2D eigenvalue weighted by Gasteiger charge is 2.28. The van der Waals surface area contributed by atoms with Crippen molar-refractivity contribution in [1.82, 2.24) is 15.6 Å². The summed E-state index contributed by atoms with van der Waals surface area (Å²) in [5.74, 6) is -0.551. The fourth-order valence-corrected chi connectivity index (χ4v) is 6.23. The van der Waals surface area contributed by atoms with Crippen LogP contribution in [0.15, 0.2) is 84.1 Å². The lowest BCUT2D eigenvalue weighted by atomic mass is 9.95. The number of anilines is 1. The molecule has 0 fully saturated rings. The molecule has 322 valence electrons. The minimum atomic E-state index is -1.06. The van der Waals surface area contributed by atoms with Gasteiger partial charge in [-0.25, -0.2) is 4.98 Å². The van der Waals surface area contributed by atoms with E-state index in [4.69, 9.17) is 29.2 Å². The van der Waals surface area contributed by atoms with Crippen LogP contribution in [-0.2, 0) is 33.3 Å². The monoisotopic (exact) mass is 827 g/mol. The molecule has 2 atom stereocenters.